The molecule has 6 rings (SSSR count). The number of aromatic nitrogens is 3. The highest BCUT2D eigenvalue weighted by molar-refractivity contribution is 7.13. The van der Waals surface area contributed by atoms with Crippen molar-refractivity contribution >= 4 is 64.0 Å². The Morgan fingerprint density at radius 1 is 0.980 bits per heavy atom. The van der Waals surface area contributed by atoms with Gasteiger partial charge in [0.1, 0.15) is 11.7 Å². The first-order valence-corrected chi connectivity index (χ1v) is 17.6. The van der Waals surface area contributed by atoms with Gasteiger partial charge in [-0.2, -0.15) is 13.9 Å². The zero-order valence-corrected chi connectivity index (χ0v) is 28.6. The van der Waals surface area contributed by atoms with Gasteiger partial charge in [0.25, 0.3) is 17.7 Å². The zero-order valence-electron chi connectivity index (χ0n) is 27.0. The fourth-order valence-corrected chi connectivity index (χ4v) is 6.81. The summed E-state index contributed by atoms with van der Waals surface area (Å²) in [5.74, 6) is -3.02. The second kappa shape index (κ2) is 15.0. The summed E-state index contributed by atoms with van der Waals surface area (Å²) in [6, 6.07) is 9.64. The second-order valence-electron chi connectivity index (χ2n) is 12.2. The van der Waals surface area contributed by atoms with Crippen LogP contribution < -0.4 is 16.0 Å². The molecule has 1 aromatic carbocycles. The van der Waals surface area contributed by atoms with E-state index in [2.05, 4.69) is 26.0 Å². The highest BCUT2D eigenvalue weighted by atomic mass is 35.5. The van der Waals surface area contributed by atoms with Crippen molar-refractivity contribution < 1.29 is 37.5 Å². The number of amides is 6. The van der Waals surface area contributed by atoms with Gasteiger partial charge in [0, 0.05) is 32.0 Å². The highest BCUT2D eigenvalue weighted by Gasteiger charge is 2.44. The van der Waals surface area contributed by atoms with Crippen molar-refractivity contribution in [2.45, 2.75) is 69.3 Å². The summed E-state index contributed by atoms with van der Waals surface area (Å²) in [4.78, 5) is 80.7. The summed E-state index contributed by atoms with van der Waals surface area (Å²) < 4.78 is 29.3. The molecule has 0 bridgehead atoms. The molecule has 0 radical (unpaired) electrons. The van der Waals surface area contributed by atoms with Crippen LogP contribution in [0.15, 0.2) is 47.8 Å². The number of halogens is 3. The number of carbonyl (C=O) groups excluding carboxylic acids is 6. The van der Waals surface area contributed by atoms with E-state index in [1.807, 2.05) is 0 Å². The number of imide groups is 2. The molecule has 0 aliphatic carbocycles. The van der Waals surface area contributed by atoms with Gasteiger partial charge in [-0.05, 0) is 66.1 Å². The van der Waals surface area contributed by atoms with Crippen LogP contribution in [-0.4, -0.2) is 67.5 Å². The van der Waals surface area contributed by atoms with Gasteiger partial charge in [-0.15, -0.1) is 11.3 Å². The van der Waals surface area contributed by atoms with Crippen LogP contribution in [-0.2, 0) is 26.3 Å². The van der Waals surface area contributed by atoms with Crippen LogP contribution in [0.1, 0.15) is 93.8 Å². The standard InChI is InChI=1S/C34H32ClF2N7O6S/c35-34(36,37)26-16-22(25-7-6-14-51-25)40-27-17-23(42-44(26)27)30(47)38-13-5-3-1-2-4-8-28(45)39-18-19-9-10-20-21(15-19)33(50)43(32(20)49)24-11-12-29(46)41-31(24)48/h6-7,9-10,14-17,24H,1-5,8,11-13,18H2,(H,38,47)(H,39,45)(H,41,46,48). The Labute approximate surface area is 298 Å². The van der Waals surface area contributed by atoms with Crippen LogP contribution in [0.5, 0.6) is 0 Å². The number of alkyl halides is 3. The van der Waals surface area contributed by atoms with Crippen LogP contribution >= 0.6 is 22.9 Å². The Kier molecular flexibility index (Phi) is 10.5. The zero-order chi connectivity index (χ0) is 36.3. The van der Waals surface area contributed by atoms with Crippen LogP contribution in [0.3, 0.4) is 0 Å². The molecule has 51 heavy (non-hydrogen) atoms. The second-order valence-corrected chi connectivity index (χ2v) is 13.6. The van der Waals surface area contributed by atoms with E-state index in [9.17, 15) is 37.5 Å². The number of carbonyl (C=O) groups is 6. The number of thiophene rings is 1. The molecule has 1 atom stereocenters. The third kappa shape index (κ3) is 7.96. The number of unbranched alkanes of at least 4 members (excludes halogenated alkanes) is 4. The topological polar surface area (TPSA) is 172 Å². The number of rotatable bonds is 14. The van der Waals surface area contributed by atoms with Crippen LogP contribution in [0.2, 0.25) is 0 Å². The molecule has 3 N–H and O–H groups in total. The molecule has 5 heterocycles. The van der Waals surface area contributed by atoms with Crippen molar-refractivity contribution in [2.75, 3.05) is 6.54 Å². The Morgan fingerprint density at radius 2 is 1.75 bits per heavy atom. The lowest BCUT2D eigenvalue weighted by atomic mass is 10.0. The monoisotopic (exact) mass is 739 g/mol. The van der Waals surface area contributed by atoms with Gasteiger partial charge in [0.2, 0.25) is 17.7 Å². The predicted molar refractivity (Wildman–Crippen MR) is 181 cm³/mol. The third-order valence-electron chi connectivity index (χ3n) is 8.58. The summed E-state index contributed by atoms with van der Waals surface area (Å²) in [5, 5.41) is 9.82. The van der Waals surface area contributed by atoms with Crippen LogP contribution in [0.25, 0.3) is 16.2 Å². The molecule has 2 aliphatic rings. The molecule has 13 nitrogen and oxygen atoms in total. The molecule has 1 unspecified atom stereocenters. The fraction of sp³-hybridized carbons (Fsp3) is 0.353. The van der Waals surface area contributed by atoms with Gasteiger partial charge in [0.05, 0.1) is 21.7 Å². The van der Waals surface area contributed by atoms with Crippen molar-refractivity contribution in [3.8, 4) is 10.6 Å². The van der Waals surface area contributed by atoms with E-state index in [-0.39, 0.29) is 47.8 Å². The number of nitrogens with zero attached hydrogens (tertiary/aromatic N) is 4. The quantitative estimate of drug-likeness (QED) is 0.0962. The minimum Gasteiger partial charge on any atom is -0.352 e. The van der Waals surface area contributed by atoms with Gasteiger partial charge < -0.3 is 10.6 Å². The number of nitrogens with one attached hydrogen (secondary N) is 3. The molecule has 0 spiro atoms. The van der Waals surface area contributed by atoms with E-state index in [1.165, 1.54) is 29.5 Å². The Hall–Kier alpha value is -5.09. The Balaban J connectivity index is 0.894. The summed E-state index contributed by atoms with van der Waals surface area (Å²) in [6.07, 6.45) is 4.11. The third-order valence-corrected chi connectivity index (χ3v) is 9.67. The van der Waals surface area contributed by atoms with Crippen molar-refractivity contribution in [3.05, 3.63) is 75.9 Å². The largest absolute Gasteiger partial charge is 0.364 e. The number of hydrogen-bond acceptors (Lipinski definition) is 9. The molecule has 0 saturated carbocycles. The lowest BCUT2D eigenvalue weighted by molar-refractivity contribution is -0.136. The molecule has 1 saturated heterocycles. The van der Waals surface area contributed by atoms with Gasteiger partial charge >= 0.3 is 5.38 Å². The van der Waals surface area contributed by atoms with Gasteiger partial charge in [0.15, 0.2) is 11.3 Å². The first kappa shape index (κ1) is 35.7. The fourth-order valence-electron chi connectivity index (χ4n) is 5.99. The van der Waals surface area contributed by atoms with Gasteiger partial charge in [-0.3, -0.25) is 39.0 Å². The normalized spacial score (nSPS) is 16.1. The molecule has 2 aliphatic heterocycles. The van der Waals surface area contributed by atoms with E-state index in [1.54, 1.807) is 23.6 Å². The summed E-state index contributed by atoms with van der Waals surface area (Å²) in [7, 11) is 0. The number of fused-ring (bicyclic) bond motifs is 2. The summed E-state index contributed by atoms with van der Waals surface area (Å²) in [6.45, 7) is 0.499. The van der Waals surface area contributed by atoms with E-state index < -0.39 is 46.7 Å². The number of hydrogen-bond donors (Lipinski definition) is 3. The summed E-state index contributed by atoms with van der Waals surface area (Å²) >= 11 is 6.68. The average molecular weight is 740 g/mol. The first-order valence-electron chi connectivity index (χ1n) is 16.3. The number of benzene rings is 1. The van der Waals surface area contributed by atoms with Gasteiger partial charge in [-0.25, -0.2) is 9.50 Å². The maximum Gasteiger partial charge on any atom is 0.364 e. The molecule has 1 fully saturated rings. The van der Waals surface area contributed by atoms with Gasteiger partial charge in [-0.1, -0.05) is 31.4 Å². The van der Waals surface area contributed by atoms with Crippen LogP contribution in [0, 0.1) is 0 Å². The van der Waals surface area contributed by atoms with Crippen molar-refractivity contribution in [3.63, 3.8) is 0 Å². The molecular formula is C34H32ClF2N7O6S. The molecular weight excluding hydrogens is 708 g/mol. The molecule has 3 aromatic heterocycles. The predicted octanol–water partition coefficient (Wildman–Crippen LogP) is 4.53. The maximum atomic E-state index is 14.2. The highest BCUT2D eigenvalue weighted by Crippen LogP contribution is 2.35. The number of piperidine rings is 1. The minimum atomic E-state index is -3.73. The van der Waals surface area contributed by atoms with E-state index in [0.29, 0.717) is 41.9 Å². The molecule has 4 aromatic rings. The Bertz CT molecular complexity index is 2030. The molecule has 6 amide bonds. The van der Waals surface area contributed by atoms with Crippen molar-refractivity contribution in [1.29, 1.82) is 0 Å². The molecule has 17 heteroatoms. The Morgan fingerprint density at radius 3 is 2.49 bits per heavy atom. The van der Waals surface area contributed by atoms with E-state index >= 15 is 0 Å². The maximum absolute atomic E-state index is 14.2. The first-order chi connectivity index (χ1) is 24.4. The van der Waals surface area contributed by atoms with Crippen molar-refractivity contribution in [1.82, 2.24) is 35.4 Å². The minimum absolute atomic E-state index is 0.0337. The SMILES string of the molecule is O=C(CCCCCCCNC(=O)c1cc2nc(-c3cccs3)cc(C(F)(F)Cl)n2n1)NCc1ccc2c(c1)C(=O)N(C1CCC(=O)NC1=O)C2=O. The van der Waals surface area contributed by atoms with E-state index in [4.69, 9.17) is 11.6 Å². The molecule has 266 valence electrons. The lowest BCUT2D eigenvalue weighted by Gasteiger charge is -2.27. The van der Waals surface area contributed by atoms with Crippen molar-refractivity contribution in [2.24, 2.45) is 0 Å². The average Bonchev–Trinajstić information content (AvgIpc) is 3.83. The smallest absolute Gasteiger partial charge is 0.352 e. The lowest BCUT2D eigenvalue weighted by Crippen LogP contribution is -2.54. The van der Waals surface area contributed by atoms with Crippen LogP contribution in [0.4, 0.5) is 8.78 Å². The van der Waals surface area contributed by atoms with E-state index in [0.717, 1.165) is 34.7 Å². The summed E-state index contributed by atoms with van der Waals surface area (Å²) in [5.41, 5.74) is 0.656.